The molecule has 0 amide bonds. The first kappa shape index (κ1) is 17.0. The maximum atomic E-state index is 14.2. The van der Waals surface area contributed by atoms with Gasteiger partial charge in [0.15, 0.2) is 11.5 Å². The van der Waals surface area contributed by atoms with Crippen molar-refractivity contribution in [3.8, 4) is 11.5 Å². The van der Waals surface area contributed by atoms with E-state index in [1.807, 2.05) is 0 Å². The number of hydrogen-bond acceptors (Lipinski definition) is 5. The summed E-state index contributed by atoms with van der Waals surface area (Å²) in [6.45, 7) is 3.92. The molecule has 0 aromatic heterocycles. The van der Waals surface area contributed by atoms with Gasteiger partial charge in [-0.15, -0.1) is 0 Å². The van der Waals surface area contributed by atoms with Crippen molar-refractivity contribution in [3.05, 3.63) is 17.9 Å². The van der Waals surface area contributed by atoms with Crippen molar-refractivity contribution < 1.29 is 27.0 Å². The molecule has 0 N–H and O–H groups in total. The Morgan fingerprint density at radius 3 is 2.14 bits per heavy atom. The van der Waals surface area contributed by atoms with Crippen LogP contribution in [0.1, 0.15) is 13.8 Å². The largest absolute Gasteiger partial charge is 0.493 e. The standard InChI is InChI=1S/C14H20FNO5S/c1-9-7-16(8-10(2)21-9)22(17,18)14-6-13(20-4)12(19-3)5-11(14)15/h5-6,9-10H,7-8H2,1-4H3/t9-,10-/m0/s1. The molecule has 1 fully saturated rings. The van der Waals surface area contributed by atoms with Crippen LogP contribution in [0.5, 0.6) is 11.5 Å². The van der Waals surface area contributed by atoms with Gasteiger partial charge in [0.25, 0.3) is 0 Å². The fraction of sp³-hybridized carbons (Fsp3) is 0.571. The van der Waals surface area contributed by atoms with Gasteiger partial charge >= 0.3 is 0 Å². The molecule has 0 radical (unpaired) electrons. The Bertz CT molecular complexity index is 639. The number of methoxy groups -OCH3 is 2. The van der Waals surface area contributed by atoms with Crippen LogP contribution in [0.15, 0.2) is 17.0 Å². The molecule has 6 nitrogen and oxygen atoms in total. The number of morpholine rings is 1. The summed E-state index contributed by atoms with van der Waals surface area (Å²) >= 11 is 0. The van der Waals surface area contributed by atoms with Gasteiger partial charge in [0.1, 0.15) is 10.7 Å². The third-order valence-electron chi connectivity index (χ3n) is 3.44. The Hall–Kier alpha value is -1.38. The van der Waals surface area contributed by atoms with Gasteiger partial charge < -0.3 is 14.2 Å². The highest BCUT2D eigenvalue weighted by molar-refractivity contribution is 7.89. The lowest BCUT2D eigenvalue weighted by Gasteiger charge is -2.34. The van der Waals surface area contributed by atoms with Gasteiger partial charge in [-0.3, -0.25) is 0 Å². The van der Waals surface area contributed by atoms with Crippen LogP contribution in [-0.2, 0) is 14.8 Å². The highest BCUT2D eigenvalue weighted by Gasteiger charge is 2.34. The average molecular weight is 333 g/mol. The molecule has 1 saturated heterocycles. The number of hydrogen-bond donors (Lipinski definition) is 0. The molecule has 124 valence electrons. The van der Waals surface area contributed by atoms with E-state index in [1.165, 1.54) is 18.5 Å². The van der Waals surface area contributed by atoms with Crippen molar-refractivity contribution in [2.75, 3.05) is 27.3 Å². The molecular weight excluding hydrogens is 313 g/mol. The Kier molecular flexibility index (Phi) is 4.93. The first-order valence-electron chi connectivity index (χ1n) is 6.86. The third-order valence-corrected chi connectivity index (χ3v) is 5.29. The van der Waals surface area contributed by atoms with Crippen LogP contribution in [0.25, 0.3) is 0 Å². The zero-order valence-electron chi connectivity index (χ0n) is 13.0. The van der Waals surface area contributed by atoms with Crippen LogP contribution in [0, 0.1) is 5.82 Å². The van der Waals surface area contributed by atoms with E-state index in [1.54, 1.807) is 13.8 Å². The highest BCUT2D eigenvalue weighted by atomic mass is 32.2. The normalized spacial score (nSPS) is 23.3. The summed E-state index contributed by atoms with van der Waals surface area (Å²) in [7, 11) is -1.25. The van der Waals surface area contributed by atoms with Gasteiger partial charge in [0.05, 0.1) is 26.4 Å². The molecule has 1 aliphatic rings. The molecule has 22 heavy (non-hydrogen) atoms. The van der Waals surface area contributed by atoms with Crippen LogP contribution in [0.3, 0.4) is 0 Å². The van der Waals surface area contributed by atoms with E-state index in [0.29, 0.717) is 0 Å². The van der Waals surface area contributed by atoms with Crippen molar-refractivity contribution >= 4 is 10.0 Å². The number of halogens is 1. The predicted octanol–water partition coefficient (Wildman–Crippen LogP) is 1.64. The second kappa shape index (κ2) is 6.39. The summed E-state index contributed by atoms with van der Waals surface area (Å²) in [5, 5.41) is 0. The number of nitrogens with zero attached hydrogens (tertiary/aromatic N) is 1. The highest BCUT2D eigenvalue weighted by Crippen LogP contribution is 2.33. The summed E-state index contributed by atoms with van der Waals surface area (Å²) in [6.07, 6.45) is -0.497. The van der Waals surface area contributed by atoms with E-state index >= 15 is 0 Å². The second-order valence-corrected chi connectivity index (χ2v) is 7.12. The lowest BCUT2D eigenvalue weighted by Crippen LogP contribution is -2.48. The summed E-state index contributed by atoms with van der Waals surface area (Å²) in [6, 6.07) is 2.16. The topological polar surface area (TPSA) is 65.1 Å². The lowest BCUT2D eigenvalue weighted by atomic mass is 10.3. The SMILES string of the molecule is COc1cc(F)c(S(=O)(=O)N2C[C@H](C)O[C@@H](C)C2)cc1OC. The minimum Gasteiger partial charge on any atom is -0.493 e. The maximum absolute atomic E-state index is 14.2. The molecule has 1 aliphatic heterocycles. The third kappa shape index (κ3) is 3.18. The molecule has 1 heterocycles. The van der Waals surface area contributed by atoms with Gasteiger partial charge in [-0.05, 0) is 13.8 Å². The van der Waals surface area contributed by atoms with Gasteiger partial charge in [-0.2, -0.15) is 4.31 Å². The van der Waals surface area contributed by atoms with Gasteiger partial charge in [-0.1, -0.05) is 0 Å². The molecule has 0 spiro atoms. The fourth-order valence-corrected chi connectivity index (χ4v) is 4.15. The Labute approximate surface area is 129 Å². The lowest BCUT2D eigenvalue weighted by molar-refractivity contribution is -0.0441. The number of rotatable bonds is 4. The van der Waals surface area contributed by atoms with Gasteiger partial charge in [-0.25, -0.2) is 12.8 Å². The van der Waals surface area contributed by atoms with Crippen LogP contribution in [0.4, 0.5) is 4.39 Å². The van der Waals surface area contributed by atoms with Crippen LogP contribution < -0.4 is 9.47 Å². The molecular formula is C14H20FNO5S. The smallest absolute Gasteiger partial charge is 0.246 e. The van der Waals surface area contributed by atoms with Crippen molar-refractivity contribution in [1.29, 1.82) is 0 Å². The summed E-state index contributed by atoms with van der Waals surface area (Å²) in [4.78, 5) is -0.425. The van der Waals surface area contributed by atoms with Crippen LogP contribution >= 0.6 is 0 Å². The molecule has 0 saturated carbocycles. The monoisotopic (exact) mass is 333 g/mol. The quantitative estimate of drug-likeness (QED) is 0.838. The Morgan fingerprint density at radius 1 is 1.14 bits per heavy atom. The first-order chi connectivity index (χ1) is 10.3. The van der Waals surface area contributed by atoms with E-state index in [9.17, 15) is 12.8 Å². The summed E-state index contributed by atoms with van der Waals surface area (Å²) in [5.74, 6) is -0.566. The van der Waals surface area contributed by atoms with E-state index < -0.39 is 20.7 Å². The zero-order chi connectivity index (χ0) is 16.5. The number of benzene rings is 1. The summed E-state index contributed by atoms with van der Waals surface area (Å²) in [5.41, 5.74) is 0. The minimum atomic E-state index is -3.97. The second-order valence-electron chi connectivity index (χ2n) is 5.22. The Balaban J connectivity index is 2.45. The molecule has 0 bridgehead atoms. The van der Waals surface area contributed by atoms with Crippen LogP contribution in [-0.4, -0.2) is 52.2 Å². The molecule has 8 heteroatoms. The van der Waals surface area contributed by atoms with Crippen LogP contribution in [0.2, 0.25) is 0 Å². The molecule has 0 unspecified atom stereocenters. The van der Waals surface area contributed by atoms with E-state index in [0.717, 1.165) is 12.1 Å². The van der Waals surface area contributed by atoms with Crippen molar-refractivity contribution in [2.45, 2.75) is 31.0 Å². The first-order valence-corrected chi connectivity index (χ1v) is 8.30. The van der Waals surface area contributed by atoms with Crippen molar-refractivity contribution in [2.24, 2.45) is 0 Å². The molecule has 1 aromatic rings. The van der Waals surface area contributed by atoms with Gasteiger partial charge in [0.2, 0.25) is 10.0 Å². The average Bonchev–Trinajstić information content (AvgIpc) is 2.45. The number of ether oxygens (including phenoxy) is 3. The van der Waals surface area contributed by atoms with E-state index in [2.05, 4.69) is 0 Å². The van der Waals surface area contributed by atoms with E-state index in [-0.39, 0.29) is 36.8 Å². The van der Waals surface area contributed by atoms with Gasteiger partial charge in [0, 0.05) is 25.2 Å². The zero-order valence-corrected chi connectivity index (χ0v) is 13.8. The minimum absolute atomic E-state index is 0.141. The Morgan fingerprint density at radius 2 is 1.64 bits per heavy atom. The fourth-order valence-electron chi connectivity index (χ4n) is 2.50. The molecule has 0 aliphatic carbocycles. The predicted molar refractivity (Wildman–Crippen MR) is 78.3 cm³/mol. The number of sulfonamides is 1. The molecule has 1 aromatic carbocycles. The van der Waals surface area contributed by atoms with E-state index in [4.69, 9.17) is 14.2 Å². The molecule has 2 atom stereocenters. The van der Waals surface area contributed by atoms with Crippen molar-refractivity contribution in [1.82, 2.24) is 4.31 Å². The molecule has 2 rings (SSSR count). The maximum Gasteiger partial charge on any atom is 0.246 e. The summed E-state index contributed by atoms with van der Waals surface area (Å²) < 4.78 is 56.4. The van der Waals surface area contributed by atoms with Crippen molar-refractivity contribution in [3.63, 3.8) is 0 Å².